The molecule has 0 amide bonds. The first kappa shape index (κ1) is 12.0. The van der Waals surface area contributed by atoms with E-state index in [1.54, 1.807) is 0 Å². The van der Waals surface area contributed by atoms with E-state index in [-0.39, 0.29) is 0 Å². The topological polar surface area (TPSA) is 83.2 Å². The average Bonchev–Trinajstić information content (AvgIpc) is 2.39. The van der Waals surface area contributed by atoms with Crippen LogP contribution in [0, 0.1) is 0 Å². The maximum atomic E-state index is 5.29. The van der Waals surface area contributed by atoms with E-state index >= 15 is 0 Å². The highest BCUT2D eigenvalue weighted by atomic mass is 15.4. The Hall–Kier alpha value is -1.47. The molecule has 7 nitrogen and oxygen atoms in total. The number of nitrogens with zero attached hydrogens (tertiary/aromatic N) is 5. The van der Waals surface area contributed by atoms with Gasteiger partial charge in [-0.3, -0.25) is 5.43 Å². The molecular weight excluding hydrogens is 218 g/mol. The summed E-state index contributed by atoms with van der Waals surface area (Å²) in [6, 6.07) is 0.485. The van der Waals surface area contributed by atoms with E-state index in [4.69, 9.17) is 5.84 Å². The van der Waals surface area contributed by atoms with Crippen LogP contribution in [0.3, 0.4) is 0 Å². The molecule has 0 unspecified atom stereocenters. The predicted octanol–water partition coefficient (Wildman–Crippen LogP) is -0.312. The SMILES string of the molecule is CN1CCC(N(C)c2ncnc(NN)n2)CC1. The molecule has 0 bridgehead atoms. The number of piperidine rings is 1. The van der Waals surface area contributed by atoms with Gasteiger partial charge < -0.3 is 9.80 Å². The van der Waals surface area contributed by atoms with Crippen LogP contribution in [0.5, 0.6) is 0 Å². The molecule has 17 heavy (non-hydrogen) atoms. The van der Waals surface area contributed by atoms with E-state index in [0.717, 1.165) is 25.9 Å². The molecule has 0 radical (unpaired) electrons. The van der Waals surface area contributed by atoms with Gasteiger partial charge in [-0.25, -0.2) is 15.8 Å². The first-order chi connectivity index (χ1) is 8.20. The van der Waals surface area contributed by atoms with Gasteiger partial charge in [-0.1, -0.05) is 0 Å². The van der Waals surface area contributed by atoms with E-state index in [9.17, 15) is 0 Å². The molecule has 1 saturated heterocycles. The minimum atomic E-state index is 0.398. The van der Waals surface area contributed by atoms with Gasteiger partial charge in [0, 0.05) is 13.1 Å². The van der Waals surface area contributed by atoms with Crippen LogP contribution in [0.2, 0.25) is 0 Å². The second kappa shape index (κ2) is 5.24. The van der Waals surface area contributed by atoms with Gasteiger partial charge in [0.15, 0.2) is 0 Å². The summed E-state index contributed by atoms with van der Waals surface area (Å²) in [5, 5.41) is 0. The third kappa shape index (κ3) is 2.80. The Kier molecular flexibility index (Phi) is 3.70. The Morgan fingerprint density at radius 3 is 2.76 bits per heavy atom. The number of hydrazine groups is 1. The van der Waals surface area contributed by atoms with Crippen molar-refractivity contribution in [2.75, 3.05) is 37.5 Å². The number of likely N-dealkylation sites (tertiary alicyclic amines) is 1. The molecule has 0 aromatic carbocycles. The Morgan fingerprint density at radius 1 is 1.41 bits per heavy atom. The van der Waals surface area contributed by atoms with Crippen LogP contribution in [-0.2, 0) is 0 Å². The van der Waals surface area contributed by atoms with E-state index in [0.29, 0.717) is 17.9 Å². The lowest BCUT2D eigenvalue weighted by Crippen LogP contribution is -2.42. The molecule has 0 spiro atoms. The fraction of sp³-hybridized carbons (Fsp3) is 0.700. The highest BCUT2D eigenvalue weighted by Gasteiger charge is 2.22. The van der Waals surface area contributed by atoms with E-state index in [1.165, 1.54) is 6.33 Å². The van der Waals surface area contributed by atoms with Crippen LogP contribution in [0.25, 0.3) is 0 Å². The van der Waals surface area contributed by atoms with Crippen molar-refractivity contribution in [3.05, 3.63) is 6.33 Å². The van der Waals surface area contributed by atoms with Crippen LogP contribution in [0.1, 0.15) is 12.8 Å². The van der Waals surface area contributed by atoms with Crippen molar-refractivity contribution in [2.45, 2.75) is 18.9 Å². The molecule has 1 aromatic heterocycles. The third-order valence-electron chi connectivity index (χ3n) is 3.24. The van der Waals surface area contributed by atoms with E-state index < -0.39 is 0 Å². The largest absolute Gasteiger partial charge is 0.341 e. The highest BCUT2D eigenvalue weighted by molar-refractivity contribution is 5.35. The molecule has 1 aromatic rings. The van der Waals surface area contributed by atoms with Gasteiger partial charge in [-0.05, 0) is 33.0 Å². The zero-order valence-electron chi connectivity index (χ0n) is 10.3. The smallest absolute Gasteiger partial charge is 0.241 e. The first-order valence-corrected chi connectivity index (χ1v) is 5.77. The number of rotatable bonds is 3. The summed E-state index contributed by atoms with van der Waals surface area (Å²) in [5.41, 5.74) is 2.44. The van der Waals surface area contributed by atoms with Gasteiger partial charge in [0.1, 0.15) is 6.33 Å². The van der Waals surface area contributed by atoms with Gasteiger partial charge in [-0.2, -0.15) is 4.98 Å². The molecule has 7 heteroatoms. The maximum absolute atomic E-state index is 5.29. The van der Waals surface area contributed by atoms with E-state index in [1.807, 2.05) is 7.05 Å². The van der Waals surface area contributed by atoms with Crippen molar-refractivity contribution >= 4 is 11.9 Å². The van der Waals surface area contributed by atoms with Gasteiger partial charge in [0.05, 0.1) is 0 Å². The van der Waals surface area contributed by atoms with Crippen LogP contribution in [0.4, 0.5) is 11.9 Å². The van der Waals surface area contributed by atoms with Crippen molar-refractivity contribution in [3.63, 3.8) is 0 Å². The molecule has 1 aliphatic rings. The van der Waals surface area contributed by atoms with Crippen LogP contribution < -0.4 is 16.2 Å². The minimum absolute atomic E-state index is 0.398. The zero-order chi connectivity index (χ0) is 12.3. The molecule has 0 aliphatic carbocycles. The molecule has 1 fully saturated rings. The fourth-order valence-corrected chi connectivity index (χ4v) is 2.07. The normalized spacial score (nSPS) is 18.1. The summed E-state index contributed by atoms with van der Waals surface area (Å²) in [6.07, 6.45) is 3.73. The van der Waals surface area contributed by atoms with Crippen molar-refractivity contribution in [1.82, 2.24) is 19.9 Å². The van der Waals surface area contributed by atoms with Crippen molar-refractivity contribution in [1.29, 1.82) is 0 Å². The summed E-state index contributed by atoms with van der Waals surface area (Å²) >= 11 is 0. The zero-order valence-corrected chi connectivity index (χ0v) is 10.3. The van der Waals surface area contributed by atoms with Gasteiger partial charge >= 0.3 is 0 Å². The quantitative estimate of drug-likeness (QED) is 0.551. The Bertz CT molecular complexity index is 361. The monoisotopic (exact) mass is 237 g/mol. The average molecular weight is 237 g/mol. The van der Waals surface area contributed by atoms with Gasteiger partial charge in [0.25, 0.3) is 0 Å². The van der Waals surface area contributed by atoms with Crippen molar-refractivity contribution in [3.8, 4) is 0 Å². The summed E-state index contributed by atoms with van der Waals surface area (Å²) in [6.45, 7) is 2.23. The number of hydrogen-bond donors (Lipinski definition) is 2. The maximum Gasteiger partial charge on any atom is 0.241 e. The Labute approximate surface area is 101 Å². The number of nitrogens with one attached hydrogen (secondary N) is 1. The number of hydrogen-bond acceptors (Lipinski definition) is 7. The molecule has 1 aliphatic heterocycles. The molecule has 0 saturated carbocycles. The van der Waals surface area contributed by atoms with Crippen molar-refractivity contribution in [2.24, 2.45) is 5.84 Å². The van der Waals surface area contributed by atoms with Gasteiger partial charge in [-0.15, -0.1) is 0 Å². The van der Waals surface area contributed by atoms with Crippen LogP contribution in [0.15, 0.2) is 6.33 Å². The number of anilines is 2. The minimum Gasteiger partial charge on any atom is -0.341 e. The van der Waals surface area contributed by atoms with Crippen LogP contribution >= 0.6 is 0 Å². The summed E-state index contributed by atoms with van der Waals surface area (Å²) in [5.74, 6) is 6.35. The van der Waals surface area contributed by atoms with Crippen LogP contribution in [-0.4, -0.2) is 53.1 Å². The van der Waals surface area contributed by atoms with Gasteiger partial charge in [0.2, 0.25) is 11.9 Å². The fourth-order valence-electron chi connectivity index (χ4n) is 2.07. The molecule has 3 N–H and O–H groups in total. The third-order valence-corrected chi connectivity index (χ3v) is 3.24. The summed E-state index contributed by atoms with van der Waals surface area (Å²) in [4.78, 5) is 16.8. The number of nitrogen functional groups attached to an aromatic ring is 1. The Morgan fingerprint density at radius 2 is 2.12 bits per heavy atom. The summed E-state index contributed by atoms with van der Waals surface area (Å²) in [7, 11) is 4.17. The molecular formula is C10H19N7. The number of aromatic nitrogens is 3. The molecule has 94 valence electrons. The number of nitrogens with two attached hydrogens (primary N) is 1. The highest BCUT2D eigenvalue weighted by Crippen LogP contribution is 2.18. The molecule has 0 atom stereocenters. The predicted molar refractivity (Wildman–Crippen MR) is 66.6 cm³/mol. The molecule has 2 heterocycles. The lowest BCUT2D eigenvalue weighted by molar-refractivity contribution is 0.252. The van der Waals surface area contributed by atoms with Crippen molar-refractivity contribution < 1.29 is 0 Å². The lowest BCUT2D eigenvalue weighted by atomic mass is 10.0. The molecule has 2 rings (SSSR count). The van der Waals surface area contributed by atoms with E-state index in [2.05, 4.69) is 37.2 Å². The summed E-state index contributed by atoms with van der Waals surface area (Å²) < 4.78 is 0. The lowest BCUT2D eigenvalue weighted by Gasteiger charge is -2.35. The first-order valence-electron chi connectivity index (χ1n) is 5.77. The standard InChI is InChI=1S/C10H19N7/c1-16-5-3-8(4-6-16)17(2)10-13-7-12-9(14-10)15-11/h7-8H,3-6,11H2,1-2H3,(H,12,13,14,15). The Balaban J connectivity index is 2.05. The second-order valence-electron chi connectivity index (χ2n) is 4.40. The second-order valence-corrected chi connectivity index (χ2v) is 4.40.